The van der Waals surface area contributed by atoms with Crippen LogP contribution >= 0.6 is 11.8 Å². The van der Waals surface area contributed by atoms with Gasteiger partial charge in [-0.25, -0.2) is 4.98 Å². The molecular weight excluding hydrogens is 410 g/mol. The average molecular weight is 436 g/mol. The number of nitrogens with zero attached hydrogens (tertiary/aromatic N) is 2. The molecule has 0 unspecified atom stereocenters. The molecule has 31 heavy (non-hydrogen) atoms. The summed E-state index contributed by atoms with van der Waals surface area (Å²) < 4.78 is 10.5. The van der Waals surface area contributed by atoms with E-state index in [1.54, 1.807) is 14.2 Å². The first-order valence-corrected chi connectivity index (χ1v) is 10.9. The van der Waals surface area contributed by atoms with E-state index in [2.05, 4.69) is 16.4 Å². The fourth-order valence-corrected chi connectivity index (χ4v) is 3.97. The van der Waals surface area contributed by atoms with E-state index in [-0.39, 0.29) is 11.7 Å². The second kappa shape index (κ2) is 10.2. The number of fused-ring (bicyclic) bond motifs is 1. The number of benzene rings is 2. The summed E-state index contributed by atoms with van der Waals surface area (Å²) in [4.78, 5) is 16.9. The Balaban J connectivity index is 1.59. The van der Waals surface area contributed by atoms with Crippen molar-refractivity contribution >= 4 is 28.6 Å². The predicted octanol–water partition coefficient (Wildman–Crippen LogP) is 4.19. The Bertz CT molecular complexity index is 1150. The highest BCUT2D eigenvalue weighted by atomic mass is 32.2. The number of methoxy groups -OCH3 is 2. The minimum absolute atomic E-state index is 0.101. The average Bonchev–Trinajstić information content (AvgIpc) is 2.77. The molecule has 160 valence electrons. The van der Waals surface area contributed by atoms with Gasteiger partial charge in [0.15, 0.2) is 11.5 Å². The molecule has 0 atom stereocenters. The van der Waals surface area contributed by atoms with Gasteiger partial charge in [-0.2, -0.15) is 5.26 Å². The van der Waals surface area contributed by atoms with Gasteiger partial charge >= 0.3 is 0 Å². The lowest BCUT2D eigenvalue weighted by Crippen LogP contribution is -2.27. The number of thioether (sulfide) groups is 1. The van der Waals surface area contributed by atoms with E-state index in [1.165, 1.54) is 11.8 Å². The molecule has 0 spiro atoms. The number of rotatable bonds is 8. The van der Waals surface area contributed by atoms with Crippen molar-refractivity contribution in [3.05, 3.63) is 58.7 Å². The molecule has 0 bridgehead atoms. The third-order valence-corrected chi connectivity index (χ3v) is 6.03. The highest BCUT2D eigenvalue weighted by Gasteiger charge is 2.11. The van der Waals surface area contributed by atoms with Gasteiger partial charge in [-0.1, -0.05) is 17.8 Å². The van der Waals surface area contributed by atoms with Crippen LogP contribution in [0, 0.1) is 25.2 Å². The van der Waals surface area contributed by atoms with Gasteiger partial charge in [0.05, 0.1) is 31.1 Å². The lowest BCUT2D eigenvalue weighted by molar-refractivity contribution is -0.118. The topological polar surface area (TPSA) is 84.2 Å². The highest BCUT2D eigenvalue weighted by Crippen LogP contribution is 2.28. The van der Waals surface area contributed by atoms with Gasteiger partial charge in [0.25, 0.3) is 0 Å². The van der Waals surface area contributed by atoms with Crippen molar-refractivity contribution in [3.63, 3.8) is 0 Å². The quantitative estimate of drug-likeness (QED) is 0.534. The van der Waals surface area contributed by atoms with Gasteiger partial charge in [0, 0.05) is 11.9 Å². The third-order valence-electron chi connectivity index (χ3n) is 5.04. The second-order valence-corrected chi connectivity index (χ2v) is 8.12. The van der Waals surface area contributed by atoms with Crippen molar-refractivity contribution in [2.45, 2.75) is 25.3 Å². The Morgan fingerprint density at radius 3 is 2.55 bits per heavy atom. The number of aromatic nitrogens is 1. The molecule has 1 amide bonds. The van der Waals surface area contributed by atoms with Gasteiger partial charge in [0.1, 0.15) is 11.1 Å². The van der Waals surface area contributed by atoms with Gasteiger partial charge in [-0.3, -0.25) is 4.79 Å². The second-order valence-electron chi connectivity index (χ2n) is 7.16. The van der Waals surface area contributed by atoms with E-state index >= 15 is 0 Å². The smallest absolute Gasteiger partial charge is 0.230 e. The number of pyridine rings is 1. The van der Waals surface area contributed by atoms with Crippen molar-refractivity contribution in [3.8, 4) is 17.6 Å². The lowest BCUT2D eigenvalue weighted by Gasteiger charge is -2.10. The van der Waals surface area contributed by atoms with Crippen LogP contribution in [0.4, 0.5) is 0 Å². The summed E-state index contributed by atoms with van der Waals surface area (Å²) in [6.07, 6.45) is 0.674. The van der Waals surface area contributed by atoms with E-state index in [0.717, 1.165) is 27.6 Å². The molecule has 1 aromatic heterocycles. The van der Waals surface area contributed by atoms with Crippen molar-refractivity contribution in [1.29, 1.82) is 5.26 Å². The Morgan fingerprint density at radius 2 is 1.84 bits per heavy atom. The zero-order chi connectivity index (χ0) is 22.4. The summed E-state index contributed by atoms with van der Waals surface area (Å²) in [7, 11) is 3.19. The number of nitrogens with one attached hydrogen (secondary N) is 1. The van der Waals surface area contributed by atoms with E-state index in [4.69, 9.17) is 9.47 Å². The van der Waals surface area contributed by atoms with Gasteiger partial charge in [0.2, 0.25) is 5.91 Å². The number of carbonyl (C=O) groups is 1. The molecular formula is C24H25N3O3S. The first-order valence-electron chi connectivity index (χ1n) is 9.87. The minimum Gasteiger partial charge on any atom is -0.493 e. The fourth-order valence-electron chi connectivity index (χ4n) is 3.18. The maximum absolute atomic E-state index is 12.3. The minimum atomic E-state index is -0.101. The number of hydrogen-bond acceptors (Lipinski definition) is 6. The van der Waals surface area contributed by atoms with Crippen molar-refractivity contribution in [2.24, 2.45) is 0 Å². The number of ether oxygens (including phenoxy) is 2. The van der Waals surface area contributed by atoms with E-state index in [0.29, 0.717) is 35.1 Å². The molecule has 7 heteroatoms. The standard InChI is InChI=1S/C24H25N3O3S/c1-15-9-18-12-19(13-25)24(27-20(18)10-16(15)2)31-14-23(28)26-8-7-17-5-6-21(29-3)22(11-17)30-4/h5-6,9-12H,7-8,14H2,1-4H3,(H,26,28). The molecule has 6 nitrogen and oxygen atoms in total. The van der Waals surface area contributed by atoms with E-state index in [1.807, 2.05) is 50.2 Å². The molecule has 3 aromatic rings. The fraction of sp³-hybridized carbons (Fsp3) is 0.292. The van der Waals surface area contributed by atoms with Crippen LogP contribution in [0.5, 0.6) is 11.5 Å². The van der Waals surface area contributed by atoms with Crippen LogP contribution in [0.1, 0.15) is 22.3 Å². The summed E-state index contributed by atoms with van der Waals surface area (Å²) in [6, 6.07) is 13.8. The predicted molar refractivity (Wildman–Crippen MR) is 123 cm³/mol. The summed E-state index contributed by atoms with van der Waals surface area (Å²) in [5.41, 5.74) is 4.66. The Kier molecular flexibility index (Phi) is 7.37. The SMILES string of the molecule is COc1ccc(CCNC(=O)CSc2nc3cc(C)c(C)cc3cc2C#N)cc1OC. The first-order chi connectivity index (χ1) is 14.9. The van der Waals surface area contributed by atoms with Crippen LogP contribution < -0.4 is 14.8 Å². The van der Waals surface area contributed by atoms with Crippen molar-refractivity contribution in [1.82, 2.24) is 10.3 Å². The maximum atomic E-state index is 12.3. The van der Waals surface area contributed by atoms with Crippen LogP contribution in [0.3, 0.4) is 0 Å². The summed E-state index contributed by atoms with van der Waals surface area (Å²) >= 11 is 1.28. The van der Waals surface area contributed by atoms with Crippen LogP contribution in [0.25, 0.3) is 10.9 Å². The van der Waals surface area contributed by atoms with Gasteiger partial charge in [-0.15, -0.1) is 0 Å². The zero-order valence-corrected chi connectivity index (χ0v) is 18.9. The van der Waals surface area contributed by atoms with Crippen molar-refractivity contribution in [2.75, 3.05) is 26.5 Å². The Morgan fingerprint density at radius 1 is 1.10 bits per heavy atom. The maximum Gasteiger partial charge on any atom is 0.230 e. The molecule has 2 aromatic carbocycles. The monoisotopic (exact) mass is 435 g/mol. The largest absolute Gasteiger partial charge is 0.493 e. The number of hydrogen-bond donors (Lipinski definition) is 1. The number of nitriles is 1. The number of aryl methyl sites for hydroxylation is 2. The number of amides is 1. The van der Waals surface area contributed by atoms with Crippen LogP contribution in [-0.4, -0.2) is 37.4 Å². The van der Waals surface area contributed by atoms with Crippen LogP contribution in [-0.2, 0) is 11.2 Å². The summed E-state index contributed by atoms with van der Waals surface area (Å²) in [5.74, 6) is 1.44. The molecule has 0 fully saturated rings. The molecule has 0 aliphatic heterocycles. The number of carbonyl (C=O) groups excluding carboxylic acids is 1. The first kappa shape index (κ1) is 22.4. The molecule has 0 radical (unpaired) electrons. The van der Waals surface area contributed by atoms with Gasteiger partial charge < -0.3 is 14.8 Å². The highest BCUT2D eigenvalue weighted by molar-refractivity contribution is 8.00. The molecule has 0 saturated carbocycles. The lowest BCUT2D eigenvalue weighted by atomic mass is 10.1. The van der Waals surface area contributed by atoms with E-state index in [9.17, 15) is 10.1 Å². The van der Waals surface area contributed by atoms with Crippen molar-refractivity contribution < 1.29 is 14.3 Å². The van der Waals surface area contributed by atoms with Crippen LogP contribution in [0.2, 0.25) is 0 Å². The third kappa shape index (κ3) is 5.47. The molecule has 0 aliphatic carbocycles. The Labute approximate surface area is 186 Å². The molecule has 3 rings (SSSR count). The molecule has 0 aliphatic rings. The van der Waals surface area contributed by atoms with Gasteiger partial charge in [-0.05, 0) is 67.3 Å². The van der Waals surface area contributed by atoms with E-state index < -0.39 is 0 Å². The summed E-state index contributed by atoms with van der Waals surface area (Å²) in [5, 5.41) is 13.9. The Hall–Kier alpha value is -3.24. The zero-order valence-electron chi connectivity index (χ0n) is 18.1. The molecule has 1 heterocycles. The molecule has 1 N–H and O–H groups in total. The normalized spacial score (nSPS) is 10.5. The summed E-state index contributed by atoms with van der Waals surface area (Å²) in [6.45, 7) is 4.58. The van der Waals surface area contributed by atoms with Crippen LogP contribution in [0.15, 0.2) is 41.4 Å². The molecule has 0 saturated heterocycles.